The van der Waals surface area contributed by atoms with Crippen LogP contribution in [0.2, 0.25) is 0 Å². The monoisotopic (exact) mass is 1860 g/mol. The van der Waals surface area contributed by atoms with E-state index < -0.39 is 10.8 Å². The second kappa shape index (κ2) is 30.6. The molecule has 0 fully saturated rings. The Hall–Kier alpha value is -19.3. The second-order valence-electron chi connectivity index (χ2n) is 39.4. The molecule has 4 aliphatic rings. The van der Waals surface area contributed by atoms with Gasteiger partial charge in [-0.1, -0.05) is 309 Å². The van der Waals surface area contributed by atoms with Gasteiger partial charge >= 0.3 is 0 Å². The Bertz CT molecular complexity index is 10300. The molecule has 2 spiro atoms. The van der Waals surface area contributed by atoms with Crippen molar-refractivity contribution < 1.29 is 17.7 Å². The van der Waals surface area contributed by atoms with E-state index in [1.807, 2.05) is 0 Å². The molecule has 0 aliphatic heterocycles. The highest BCUT2D eigenvalue weighted by Gasteiger charge is 2.56. The maximum Gasteiger partial charge on any atom is 0.145 e. The fraction of sp³-hybridized carbons (Fsp3) is 0.0145. The molecule has 0 amide bonds. The largest absolute Gasteiger partial charge is 0.456 e. The molecule has 4 aliphatic carbocycles. The SMILES string of the molecule is c1ccc(N(c2cccc(-c3cccc(N(c4ccccc4)c4cc5c(c6ccc7c8ccccc8oc7c46)-c4c(cc(N(c6ccccc6)c6ccccc6)c6cc7c(cc46)oc4ccccc47)C54c5ccccc5-c5ccccc54)c3)c2)c2cc3c(c4cc5oc6ccccc6c5cc24)-c2c(cc(N(c4ccccc4)c4ccccc4)c4cc5oc6ccccc6c5cc24)C32c3ccccc3-c3ccccc32)cc1. The van der Waals surface area contributed by atoms with Crippen LogP contribution in [-0.4, -0.2) is 0 Å². The van der Waals surface area contributed by atoms with Crippen molar-refractivity contribution in [2.45, 2.75) is 10.8 Å². The fourth-order valence-electron chi connectivity index (χ4n) is 26.3. The molecule has 0 unspecified atom stereocenters. The number of hydrogen-bond acceptors (Lipinski definition) is 8. The Morgan fingerprint density at radius 1 is 0.144 bits per heavy atom. The fourth-order valence-corrected chi connectivity index (χ4v) is 26.3. The van der Waals surface area contributed by atoms with E-state index in [2.05, 4.69) is 517 Å². The maximum absolute atomic E-state index is 7.62. The van der Waals surface area contributed by atoms with Gasteiger partial charge in [0.15, 0.2) is 0 Å². The lowest BCUT2D eigenvalue weighted by Crippen LogP contribution is -2.26. The summed E-state index contributed by atoms with van der Waals surface area (Å²) in [4.78, 5) is 9.99. The lowest BCUT2D eigenvalue weighted by Gasteiger charge is -2.34. The van der Waals surface area contributed by atoms with Gasteiger partial charge in [0.2, 0.25) is 0 Å². The lowest BCUT2D eigenvalue weighted by molar-refractivity contribution is 0.669. The summed E-state index contributed by atoms with van der Waals surface area (Å²) in [6.45, 7) is 0. The summed E-state index contributed by atoms with van der Waals surface area (Å²) >= 11 is 0. The zero-order chi connectivity index (χ0) is 95.3. The Labute approximate surface area is 838 Å². The van der Waals surface area contributed by atoms with E-state index in [4.69, 9.17) is 17.7 Å². The molecule has 4 heterocycles. The Morgan fingerprint density at radius 3 is 0.760 bits per heavy atom. The Morgan fingerprint density at radius 2 is 0.397 bits per heavy atom. The van der Waals surface area contributed by atoms with Gasteiger partial charge in [-0.2, -0.15) is 0 Å². The van der Waals surface area contributed by atoms with Crippen LogP contribution in [0.25, 0.3) is 186 Å². The van der Waals surface area contributed by atoms with E-state index >= 15 is 0 Å². The van der Waals surface area contributed by atoms with Crippen LogP contribution >= 0.6 is 0 Å². The first-order chi connectivity index (χ1) is 72.4. The van der Waals surface area contributed by atoms with Crippen LogP contribution in [0.15, 0.2) is 515 Å². The average molecular weight is 1860 g/mol. The van der Waals surface area contributed by atoms with E-state index in [9.17, 15) is 0 Å². The summed E-state index contributed by atoms with van der Waals surface area (Å²) in [6.07, 6.45) is 0. The van der Waals surface area contributed by atoms with Gasteiger partial charge in [0.1, 0.15) is 44.7 Å². The van der Waals surface area contributed by atoms with Gasteiger partial charge in [-0.25, -0.2) is 0 Å². The summed E-state index contributed by atoms with van der Waals surface area (Å²) in [5.74, 6) is 0. The van der Waals surface area contributed by atoms with E-state index in [0.717, 1.165) is 227 Å². The van der Waals surface area contributed by atoms with E-state index in [0.29, 0.717) is 0 Å². The van der Waals surface area contributed by atoms with Crippen molar-refractivity contribution in [2.75, 3.05) is 19.6 Å². The van der Waals surface area contributed by atoms with Crippen LogP contribution in [0, 0.1) is 0 Å². The molecule has 146 heavy (non-hydrogen) atoms. The minimum Gasteiger partial charge on any atom is -0.456 e. The first kappa shape index (κ1) is 80.5. The summed E-state index contributed by atoms with van der Waals surface area (Å²) in [7, 11) is 0. The van der Waals surface area contributed by atoms with Crippen LogP contribution in [0.5, 0.6) is 0 Å². The highest BCUT2D eigenvalue weighted by molar-refractivity contribution is 6.30. The van der Waals surface area contributed by atoms with Crippen molar-refractivity contribution in [1.29, 1.82) is 0 Å². The van der Waals surface area contributed by atoms with Gasteiger partial charge in [0, 0.05) is 110 Å². The molecule has 0 radical (unpaired) electrons. The quantitative estimate of drug-likeness (QED) is 0.113. The van der Waals surface area contributed by atoms with E-state index in [1.54, 1.807) is 0 Å². The molecule has 4 aromatic heterocycles. The van der Waals surface area contributed by atoms with E-state index in [-0.39, 0.29) is 0 Å². The van der Waals surface area contributed by atoms with Gasteiger partial charge in [-0.05, 0) is 310 Å². The standard InChI is InChI=1S/C138H82N4O4/c1-7-39-85(40-8-1)139(86-41-9-2-10-42-86)120-79-117-133(110-77-129-106(73-103(110)120)98-58-24-31-65-124(98)144-129)131-102-70-69-101-97-57-23-34-68-127(97)146-136(101)135(102)123(82-119(131)138(117)114-63-29-21-55-95(114)96-56-22-30-64-115(96)138)142(90-49-17-6-18-50-90)92-52-36-38-84(72-92)83-37-35-51-91(71-83)141(89-47-15-5-16-48-89)121-80-118-134(111-78-130-107(74-104(111)121)99-59-25-32-66-125(99)145-130)132-109-75-108-100-60-26-33-67-126(100)143-128(108)76-105(109)122(140(87-43-11-3-12-44-87)88-45-13-4-14-46-88)81-116(132)137(118)112-61-27-19-53-93(112)94-54-20-28-62-113(94)137/h1-82H. The highest BCUT2D eigenvalue weighted by atomic mass is 16.3. The van der Waals surface area contributed by atoms with Crippen molar-refractivity contribution in [3.8, 4) is 55.6 Å². The number of fused-ring (bicyclic) bond motifs is 41. The van der Waals surface area contributed by atoms with Crippen molar-refractivity contribution >= 4 is 199 Å². The van der Waals surface area contributed by atoms with Gasteiger partial charge in [0.25, 0.3) is 0 Å². The third-order valence-electron chi connectivity index (χ3n) is 32.1. The first-order valence-corrected chi connectivity index (χ1v) is 50.2. The van der Waals surface area contributed by atoms with Crippen LogP contribution in [0.1, 0.15) is 44.5 Å². The van der Waals surface area contributed by atoms with Crippen molar-refractivity contribution in [3.05, 3.63) is 542 Å². The highest BCUT2D eigenvalue weighted by Crippen LogP contribution is 2.71. The molecule has 8 nitrogen and oxygen atoms in total. The van der Waals surface area contributed by atoms with Gasteiger partial charge < -0.3 is 37.3 Å². The predicted molar refractivity (Wildman–Crippen MR) is 602 cm³/mol. The number of hydrogen-bond donors (Lipinski definition) is 0. The number of rotatable bonds is 13. The summed E-state index contributed by atoms with van der Waals surface area (Å²) in [5, 5.41) is 16.9. The molecule has 0 saturated carbocycles. The number of para-hydroxylation sites is 10. The lowest BCUT2D eigenvalue weighted by atomic mass is 9.70. The predicted octanol–water partition coefficient (Wildman–Crippen LogP) is 38.1. The molecular formula is C138H82N4O4. The number of anilines is 12. The minimum atomic E-state index is -0.920. The summed E-state index contributed by atoms with van der Waals surface area (Å²) < 4.78 is 29.1. The second-order valence-corrected chi connectivity index (χ2v) is 39.4. The molecule has 8 heteroatoms. The molecule has 0 N–H and O–H groups in total. The number of benzene rings is 24. The van der Waals surface area contributed by atoms with Crippen LogP contribution in [0.4, 0.5) is 68.2 Å². The molecule has 32 rings (SSSR count). The molecule has 28 aromatic rings. The number of nitrogens with zero attached hydrogens (tertiary/aromatic N) is 4. The van der Waals surface area contributed by atoms with Gasteiger partial charge in [0.05, 0.1) is 33.6 Å². The average Bonchev–Trinajstić information content (AvgIpc) is 1.49. The van der Waals surface area contributed by atoms with Crippen molar-refractivity contribution in [3.63, 3.8) is 0 Å². The van der Waals surface area contributed by atoms with E-state index in [1.165, 1.54) is 72.3 Å². The Kier molecular flexibility index (Phi) is 16.9. The Balaban J connectivity index is 0.649. The van der Waals surface area contributed by atoms with Crippen LogP contribution in [-0.2, 0) is 10.8 Å². The zero-order valence-corrected chi connectivity index (χ0v) is 78.8. The van der Waals surface area contributed by atoms with Gasteiger partial charge in [-0.15, -0.1) is 0 Å². The third kappa shape index (κ3) is 11.2. The van der Waals surface area contributed by atoms with Crippen molar-refractivity contribution in [1.82, 2.24) is 0 Å². The topological polar surface area (TPSA) is 65.5 Å². The van der Waals surface area contributed by atoms with Crippen molar-refractivity contribution in [2.24, 2.45) is 0 Å². The third-order valence-corrected chi connectivity index (χ3v) is 32.1. The molecular weight excluding hydrogens is 1780 g/mol. The minimum absolute atomic E-state index is 0.805. The smallest absolute Gasteiger partial charge is 0.145 e. The number of furan rings is 4. The molecule has 678 valence electrons. The normalized spacial score (nSPS) is 13.2. The molecule has 24 aromatic carbocycles. The van der Waals surface area contributed by atoms with Crippen LogP contribution < -0.4 is 19.6 Å². The molecule has 0 bridgehead atoms. The maximum atomic E-state index is 7.62. The van der Waals surface area contributed by atoms with Gasteiger partial charge in [-0.3, -0.25) is 0 Å². The first-order valence-electron chi connectivity index (χ1n) is 50.2. The van der Waals surface area contributed by atoms with Crippen LogP contribution in [0.3, 0.4) is 0 Å². The summed E-state index contributed by atoms with van der Waals surface area (Å²) in [5.41, 5.74) is 37.9. The summed E-state index contributed by atoms with van der Waals surface area (Å²) in [6, 6.07) is 185. The molecule has 0 atom stereocenters. The zero-order valence-electron chi connectivity index (χ0n) is 78.8. The molecule has 0 saturated heterocycles.